The Bertz CT molecular complexity index is 475. The molecule has 1 atom stereocenters. The summed E-state index contributed by atoms with van der Waals surface area (Å²) in [5.41, 5.74) is 1.10. The number of nitrogens with zero attached hydrogens (tertiary/aromatic N) is 2. The Kier molecular flexibility index (Phi) is 4.20. The van der Waals surface area contributed by atoms with Gasteiger partial charge in [0.1, 0.15) is 5.82 Å². The van der Waals surface area contributed by atoms with Crippen LogP contribution in [0.3, 0.4) is 0 Å². The average molecular weight is 264 g/mol. The topological polar surface area (TPSA) is 23.6 Å². The van der Waals surface area contributed by atoms with Gasteiger partial charge in [0, 0.05) is 25.7 Å². The highest BCUT2D eigenvalue weighted by atomic mass is 19.1. The maximum absolute atomic E-state index is 13.8. The fourth-order valence-electron chi connectivity index (χ4n) is 2.62. The van der Waals surface area contributed by atoms with Gasteiger partial charge in [-0.15, -0.1) is 0 Å². The molecule has 2 rings (SSSR count). The van der Waals surface area contributed by atoms with Crippen LogP contribution in [0.5, 0.6) is 0 Å². The van der Waals surface area contributed by atoms with Gasteiger partial charge >= 0.3 is 0 Å². The molecule has 19 heavy (non-hydrogen) atoms. The Hall–Kier alpha value is -1.42. The highest BCUT2D eigenvalue weighted by Gasteiger charge is 2.27. The van der Waals surface area contributed by atoms with E-state index < -0.39 is 5.82 Å². The van der Waals surface area contributed by atoms with Gasteiger partial charge in [-0.2, -0.15) is 0 Å². The molecule has 1 amide bonds. The Morgan fingerprint density at radius 3 is 2.79 bits per heavy atom. The lowest BCUT2D eigenvalue weighted by Gasteiger charge is -2.39. The van der Waals surface area contributed by atoms with Gasteiger partial charge in [0.15, 0.2) is 0 Å². The van der Waals surface area contributed by atoms with Crippen molar-refractivity contribution >= 4 is 5.91 Å². The van der Waals surface area contributed by atoms with E-state index in [2.05, 4.69) is 18.7 Å². The van der Waals surface area contributed by atoms with Crippen LogP contribution in [0.15, 0.2) is 18.2 Å². The minimum Gasteiger partial charge on any atom is -0.336 e. The molecule has 1 unspecified atom stereocenters. The van der Waals surface area contributed by atoms with Crippen LogP contribution >= 0.6 is 0 Å². The number of amides is 1. The molecule has 1 aromatic rings. The molecule has 0 radical (unpaired) electrons. The summed E-state index contributed by atoms with van der Waals surface area (Å²) in [6.45, 7) is 9.28. The van der Waals surface area contributed by atoms with Crippen LogP contribution in [0, 0.1) is 12.7 Å². The van der Waals surface area contributed by atoms with Crippen LogP contribution in [0.2, 0.25) is 0 Å². The number of hydrogen-bond donors (Lipinski definition) is 0. The van der Waals surface area contributed by atoms with Crippen LogP contribution in [0.25, 0.3) is 0 Å². The first kappa shape index (κ1) is 14.0. The van der Waals surface area contributed by atoms with Crippen LogP contribution in [-0.2, 0) is 0 Å². The van der Waals surface area contributed by atoms with Gasteiger partial charge in [-0.3, -0.25) is 9.69 Å². The second-order valence-electron chi connectivity index (χ2n) is 5.21. The van der Waals surface area contributed by atoms with Crippen LogP contribution in [-0.4, -0.2) is 47.9 Å². The quantitative estimate of drug-likeness (QED) is 0.818. The predicted molar refractivity (Wildman–Crippen MR) is 73.7 cm³/mol. The summed E-state index contributed by atoms with van der Waals surface area (Å²) in [7, 11) is 0. The van der Waals surface area contributed by atoms with Crippen molar-refractivity contribution in [1.29, 1.82) is 0 Å². The molecule has 1 fully saturated rings. The number of likely N-dealkylation sites (N-methyl/N-ethyl adjacent to an activating group) is 1. The molecule has 1 heterocycles. The molecular weight excluding hydrogens is 243 g/mol. The fourth-order valence-corrected chi connectivity index (χ4v) is 2.62. The molecule has 3 nitrogen and oxygen atoms in total. The Morgan fingerprint density at radius 1 is 1.42 bits per heavy atom. The Morgan fingerprint density at radius 2 is 2.16 bits per heavy atom. The van der Waals surface area contributed by atoms with E-state index in [0.717, 1.165) is 18.7 Å². The van der Waals surface area contributed by atoms with Crippen molar-refractivity contribution in [3.8, 4) is 0 Å². The zero-order valence-corrected chi connectivity index (χ0v) is 11.8. The summed E-state index contributed by atoms with van der Waals surface area (Å²) in [6.07, 6.45) is 0. The number of hydrogen-bond acceptors (Lipinski definition) is 2. The van der Waals surface area contributed by atoms with Gasteiger partial charge in [0.05, 0.1) is 5.56 Å². The number of rotatable bonds is 2. The molecule has 0 N–H and O–H groups in total. The minimum atomic E-state index is -0.429. The zero-order chi connectivity index (χ0) is 14.0. The summed E-state index contributed by atoms with van der Waals surface area (Å²) in [5.74, 6) is -0.620. The fraction of sp³-hybridized carbons (Fsp3) is 0.533. The van der Waals surface area contributed by atoms with E-state index in [1.54, 1.807) is 17.0 Å². The monoisotopic (exact) mass is 264 g/mol. The van der Waals surface area contributed by atoms with Crippen molar-refractivity contribution in [2.75, 3.05) is 26.2 Å². The number of piperazine rings is 1. The number of benzene rings is 1. The van der Waals surface area contributed by atoms with Crippen molar-refractivity contribution in [1.82, 2.24) is 9.80 Å². The first-order valence-corrected chi connectivity index (χ1v) is 6.82. The van der Waals surface area contributed by atoms with E-state index in [9.17, 15) is 9.18 Å². The average Bonchev–Trinajstić information content (AvgIpc) is 2.40. The third-order valence-electron chi connectivity index (χ3n) is 3.81. The maximum Gasteiger partial charge on any atom is 0.256 e. The van der Waals surface area contributed by atoms with Crippen LogP contribution in [0.4, 0.5) is 4.39 Å². The largest absolute Gasteiger partial charge is 0.336 e. The predicted octanol–water partition coefficient (Wildman–Crippen LogP) is 2.30. The summed E-state index contributed by atoms with van der Waals surface area (Å²) in [5, 5.41) is 0. The summed E-state index contributed by atoms with van der Waals surface area (Å²) in [4.78, 5) is 16.5. The molecule has 4 heteroatoms. The van der Waals surface area contributed by atoms with E-state index in [0.29, 0.717) is 19.1 Å². The molecule has 0 bridgehead atoms. The van der Waals surface area contributed by atoms with Gasteiger partial charge < -0.3 is 4.90 Å². The first-order chi connectivity index (χ1) is 9.02. The van der Waals surface area contributed by atoms with Crippen molar-refractivity contribution in [3.63, 3.8) is 0 Å². The molecule has 1 aliphatic heterocycles. The van der Waals surface area contributed by atoms with Gasteiger partial charge in [-0.1, -0.05) is 18.6 Å². The zero-order valence-electron chi connectivity index (χ0n) is 11.8. The smallest absolute Gasteiger partial charge is 0.256 e. The van der Waals surface area contributed by atoms with Crippen molar-refractivity contribution in [3.05, 3.63) is 35.1 Å². The van der Waals surface area contributed by atoms with Crippen LogP contribution < -0.4 is 0 Å². The molecule has 104 valence electrons. The molecule has 1 saturated heterocycles. The molecule has 0 saturated carbocycles. The van der Waals surface area contributed by atoms with Gasteiger partial charge in [-0.25, -0.2) is 4.39 Å². The molecular formula is C15H21FN2O. The normalized spacial score (nSPS) is 20.6. The van der Waals surface area contributed by atoms with E-state index in [1.807, 2.05) is 6.92 Å². The summed E-state index contributed by atoms with van der Waals surface area (Å²) in [6, 6.07) is 5.02. The van der Waals surface area contributed by atoms with E-state index >= 15 is 0 Å². The number of carbonyl (C=O) groups is 1. The number of aryl methyl sites for hydroxylation is 1. The SMILES string of the molecule is CCN1CCN(C(=O)c2cc(C)ccc2F)CC1C. The molecule has 0 spiro atoms. The van der Waals surface area contributed by atoms with Gasteiger partial charge in [-0.05, 0) is 32.5 Å². The number of carbonyl (C=O) groups excluding carboxylic acids is 1. The molecule has 0 aromatic heterocycles. The third kappa shape index (κ3) is 2.95. The van der Waals surface area contributed by atoms with Crippen molar-refractivity contribution < 1.29 is 9.18 Å². The maximum atomic E-state index is 13.8. The molecule has 1 aromatic carbocycles. The van der Waals surface area contributed by atoms with Crippen molar-refractivity contribution in [2.45, 2.75) is 26.8 Å². The van der Waals surface area contributed by atoms with E-state index in [1.165, 1.54) is 6.07 Å². The lowest BCUT2D eigenvalue weighted by Crippen LogP contribution is -2.53. The molecule has 0 aliphatic carbocycles. The lowest BCUT2D eigenvalue weighted by molar-refractivity contribution is 0.0524. The Labute approximate surface area is 114 Å². The molecule has 1 aliphatic rings. The minimum absolute atomic E-state index is 0.191. The second-order valence-corrected chi connectivity index (χ2v) is 5.21. The standard InChI is InChI=1S/C15H21FN2O/c1-4-17-7-8-18(10-12(17)3)15(19)13-9-11(2)5-6-14(13)16/h5-6,9,12H,4,7-8,10H2,1-3H3. The summed E-state index contributed by atoms with van der Waals surface area (Å²) < 4.78 is 13.8. The van der Waals surface area contributed by atoms with Crippen LogP contribution in [0.1, 0.15) is 29.8 Å². The van der Waals surface area contributed by atoms with Gasteiger partial charge in [0.2, 0.25) is 0 Å². The second kappa shape index (κ2) is 5.70. The highest BCUT2D eigenvalue weighted by molar-refractivity contribution is 5.94. The number of halogens is 1. The third-order valence-corrected chi connectivity index (χ3v) is 3.81. The Balaban J connectivity index is 2.14. The van der Waals surface area contributed by atoms with Gasteiger partial charge in [0.25, 0.3) is 5.91 Å². The van der Waals surface area contributed by atoms with E-state index in [-0.39, 0.29) is 11.5 Å². The summed E-state index contributed by atoms with van der Waals surface area (Å²) >= 11 is 0. The first-order valence-electron chi connectivity index (χ1n) is 6.82. The highest BCUT2D eigenvalue weighted by Crippen LogP contribution is 2.16. The van der Waals surface area contributed by atoms with E-state index in [4.69, 9.17) is 0 Å². The lowest BCUT2D eigenvalue weighted by atomic mass is 10.1. The van der Waals surface area contributed by atoms with Crippen molar-refractivity contribution in [2.24, 2.45) is 0 Å².